The zero-order valence-corrected chi connectivity index (χ0v) is 25.7. The molecular weight excluding hydrogens is 585 g/mol. The summed E-state index contributed by atoms with van der Waals surface area (Å²) in [5, 5.41) is 3.21. The van der Waals surface area contributed by atoms with Gasteiger partial charge in [0.2, 0.25) is 11.8 Å². The Labute approximate surface area is 251 Å². The summed E-state index contributed by atoms with van der Waals surface area (Å²) in [5.74, 6) is -0.947. The molecular formula is C30H35ClFN3O6S. The van der Waals surface area contributed by atoms with Crippen LogP contribution in [0.1, 0.15) is 32.8 Å². The number of amides is 2. The van der Waals surface area contributed by atoms with Gasteiger partial charge in [0, 0.05) is 23.7 Å². The van der Waals surface area contributed by atoms with Crippen molar-refractivity contribution in [3.05, 3.63) is 83.1 Å². The predicted molar refractivity (Wildman–Crippen MR) is 160 cm³/mol. The van der Waals surface area contributed by atoms with Crippen LogP contribution in [0.3, 0.4) is 0 Å². The molecule has 0 heterocycles. The van der Waals surface area contributed by atoms with Crippen molar-refractivity contribution in [2.45, 2.75) is 50.7 Å². The Morgan fingerprint density at radius 2 is 1.57 bits per heavy atom. The van der Waals surface area contributed by atoms with Crippen molar-refractivity contribution < 1.29 is 31.9 Å². The summed E-state index contributed by atoms with van der Waals surface area (Å²) in [5.41, 5.74) is 0.755. The van der Waals surface area contributed by atoms with Crippen LogP contribution in [0.15, 0.2) is 71.6 Å². The Morgan fingerprint density at radius 3 is 2.12 bits per heavy atom. The molecule has 0 radical (unpaired) electrons. The second-order valence-corrected chi connectivity index (χ2v) is 12.0. The van der Waals surface area contributed by atoms with Crippen LogP contribution >= 0.6 is 11.6 Å². The lowest BCUT2D eigenvalue weighted by Crippen LogP contribution is -2.53. The smallest absolute Gasteiger partial charge is 0.264 e. The van der Waals surface area contributed by atoms with Crippen LogP contribution in [0.4, 0.5) is 10.1 Å². The fraction of sp³-hybridized carbons (Fsp3) is 0.333. The standard InChI is InChI=1S/C30H35ClFN3O6S/c1-6-26(30(37)33-20(2)3)34(18-21-7-11-23(32)12-8-21)29(36)19-35(24-13-9-22(31)10-14-24)42(38,39)25-15-16-27(40-4)28(17-25)41-5/h7-17,20,26H,6,18-19H2,1-5H3,(H,33,37)/t26-/m1/s1. The minimum Gasteiger partial charge on any atom is -0.493 e. The molecule has 0 spiro atoms. The number of hydrogen-bond donors (Lipinski definition) is 1. The van der Waals surface area contributed by atoms with E-state index >= 15 is 0 Å². The number of rotatable bonds is 13. The van der Waals surface area contributed by atoms with E-state index < -0.39 is 34.3 Å². The first-order chi connectivity index (χ1) is 19.9. The molecule has 3 aromatic rings. The van der Waals surface area contributed by atoms with Crippen LogP contribution in [-0.4, -0.2) is 58.0 Å². The lowest BCUT2D eigenvalue weighted by molar-refractivity contribution is -0.140. The fourth-order valence-electron chi connectivity index (χ4n) is 4.33. The summed E-state index contributed by atoms with van der Waals surface area (Å²) >= 11 is 6.07. The van der Waals surface area contributed by atoms with Crippen molar-refractivity contribution in [1.29, 1.82) is 0 Å². The number of nitrogens with zero attached hydrogens (tertiary/aromatic N) is 2. The topological polar surface area (TPSA) is 105 Å². The molecule has 0 aliphatic rings. The van der Waals surface area contributed by atoms with Crippen molar-refractivity contribution in [3.63, 3.8) is 0 Å². The van der Waals surface area contributed by atoms with Gasteiger partial charge in [-0.25, -0.2) is 12.8 Å². The molecule has 12 heteroatoms. The number of sulfonamides is 1. The molecule has 0 bridgehead atoms. The van der Waals surface area contributed by atoms with E-state index in [2.05, 4.69) is 5.32 Å². The average molecular weight is 620 g/mol. The lowest BCUT2D eigenvalue weighted by Gasteiger charge is -2.33. The average Bonchev–Trinajstić information content (AvgIpc) is 2.96. The minimum absolute atomic E-state index is 0.0476. The summed E-state index contributed by atoms with van der Waals surface area (Å²) < 4.78 is 53.2. The summed E-state index contributed by atoms with van der Waals surface area (Å²) in [6, 6.07) is 14.6. The van der Waals surface area contributed by atoms with Crippen LogP contribution in [0, 0.1) is 5.82 Å². The largest absolute Gasteiger partial charge is 0.493 e. The van der Waals surface area contributed by atoms with Gasteiger partial charge in [-0.2, -0.15) is 0 Å². The third-order valence-corrected chi connectivity index (χ3v) is 8.44. The minimum atomic E-state index is -4.35. The van der Waals surface area contributed by atoms with E-state index in [1.165, 1.54) is 85.8 Å². The monoisotopic (exact) mass is 619 g/mol. The highest BCUT2D eigenvalue weighted by atomic mass is 35.5. The van der Waals surface area contributed by atoms with Gasteiger partial charge in [-0.1, -0.05) is 30.7 Å². The first kappa shape index (κ1) is 32.7. The molecule has 0 aromatic heterocycles. The molecule has 9 nitrogen and oxygen atoms in total. The number of ether oxygens (including phenoxy) is 2. The fourth-order valence-corrected chi connectivity index (χ4v) is 5.88. The molecule has 1 atom stereocenters. The molecule has 226 valence electrons. The number of nitrogens with one attached hydrogen (secondary N) is 1. The Balaban J connectivity index is 2.09. The molecule has 0 saturated carbocycles. The first-order valence-corrected chi connectivity index (χ1v) is 15.1. The van der Waals surface area contributed by atoms with Crippen molar-refractivity contribution in [2.24, 2.45) is 0 Å². The van der Waals surface area contributed by atoms with Gasteiger partial charge in [0.05, 0.1) is 24.8 Å². The van der Waals surface area contributed by atoms with E-state index in [-0.39, 0.29) is 41.2 Å². The number of halogens is 2. The van der Waals surface area contributed by atoms with Crippen LogP contribution in [0.5, 0.6) is 11.5 Å². The summed E-state index contributed by atoms with van der Waals surface area (Å²) in [6.07, 6.45) is 0.259. The van der Waals surface area contributed by atoms with Crippen molar-refractivity contribution in [1.82, 2.24) is 10.2 Å². The highest BCUT2D eigenvalue weighted by Crippen LogP contribution is 2.32. The van der Waals surface area contributed by atoms with E-state index in [9.17, 15) is 22.4 Å². The van der Waals surface area contributed by atoms with Gasteiger partial charge in [-0.05, 0) is 74.4 Å². The normalized spacial score (nSPS) is 12.0. The Hall–Kier alpha value is -3.83. The van der Waals surface area contributed by atoms with E-state index in [0.29, 0.717) is 16.3 Å². The molecule has 0 fully saturated rings. The second kappa shape index (κ2) is 14.4. The number of benzene rings is 3. The third kappa shape index (κ3) is 7.92. The molecule has 3 rings (SSSR count). The highest BCUT2D eigenvalue weighted by Gasteiger charge is 2.34. The zero-order chi connectivity index (χ0) is 31.0. The molecule has 0 aliphatic heterocycles. The number of hydrogen-bond acceptors (Lipinski definition) is 6. The molecule has 0 aliphatic carbocycles. The van der Waals surface area contributed by atoms with Gasteiger partial charge >= 0.3 is 0 Å². The summed E-state index contributed by atoms with van der Waals surface area (Å²) in [7, 11) is -1.53. The van der Waals surface area contributed by atoms with Crippen molar-refractivity contribution >= 4 is 39.1 Å². The van der Waals surface area contributed by atoms with Crippen LogP contribution in [0.25, 0.3) is 0 Å². The summed E-state index contributed by atoms with van der Waals surface area (Å²) in [4.78, 5) is 28.4. The van der Waals surface area contributed by atoms with E-state index in [1.54, 1.807) is 20.8 Å². The summed E-state index contributed by atoms with van der Waals surface area (Å²) in [6.45, 7) is 4.68. The Morgan fingerprint density at radius 1 is 0.952 bits per heavy atom. The second-order valence-electron chi connectivity index (χ2n) is 9.74. The van der Waals surface area contributed by atoms with Crippen LogP contribution in [-0.2, 0) is 26.2 Å². The maximum atomic E-state index is 14.1. The quantitative estimate of drug-likeness (QED) is 0.288. The molecule has 42 heavy (non-hydrogen) atoms. The molecule has 1 N–H and O–H groups in total. The maximum absolute atomic E-state index is 14.1. The van der Waals surface area contributed by atoms with Gasteiger partial charge in [0.1, 0.15) is 18.4 Å². The van der Waals surface area contributed by atoms with Gasteiger partial charge < -0.3 is 19.7 Å². The molecule has 0 saturated heterocycles. The van der Waals surface area contributed by atoms with Gasteiger partial charge in [0.25, 0.3) is 10.0 Å². The number of carbonyl (C=O) groups is 2. The first-order valence-electron chi connectivity index (χ1n) is 13.3. The van der Waals surface area contributed by atoms with Crippen LogP contribution < -0.4 is 19.1 Å². The highest BCUT2D eigenvalue weighted by molar-refractivity contribution is 7.92. The van der Waals surface area contributed by atoms with E-state index in [0.717, 1.165) is 4.31 Å². The molecule has 0 unspecified atom stereocenters. The van der Waals surface area contributed by atoms with Crippen LogP contribution in [0.2, 0.25) is 5.02 Å². The SMILES string of the molecule is CC[C@H](C(=O)NC(C)C)N(Cc1ccc(F)cc1)C(=O)CN(c1ccc(Cl)cc1)S(=O)(=O)c1ccc(OC)c(OC)c1. The molecule has 3 aromatic carbocycles. The van der Waals surface area contributed by atoms with Gasteiger partial charge in [-0.15, -0.1) is 0 Å². The lowest BCUT2D eigenvalue weighted by atomic mass is 10.1. The molecule has 2 amide bonds. The Kier molecular flexibility index (Phi) is 11.2. The van der Waals surface area contributed by atoms with E-state index in [4.69, 9.17) is 21.1 Å². The third-order valence-electron chi connectivity index (χ3n) is 6.42. The number of carbonyl (C=O) groups excluding carboxylic acids is 2. The predicted octanol–water partition coefficient (Wildman–Crippen LogP) is 5.02. The number of methoxy groups -OCH3 is 2. The zero-order valence-electron chi connectivity index (χ0n) is 24.1. The Bertz CT molecular complexity index is 1480. The van der Waals surface area contributed by atoms with Crippen molar-refractivity contribution in [2.75, 3.05) is 25.1 Å². The van der Waals surface area contributed by atoms with Gasteiger partial charge in [-0.3, -0.25) is 13.9 Å². The maximum Gasteiger partial charge on any atom is 0.264 e. The van der Waals surface area contributed by atoms with Crippen molar-refractivity contribution in [3.8, 4) is 11.5 Å². The van der Waals surface area contributed by atoms with E-state index in [1.807, 2.05) is 0 Å². The number of anilines is 1. The van der Waals surface area contributed by atoms with Gasteiger partial charge in [0.15, 0.2) is 11.5 Å².